The molecule has 17 heavy (non-hydrogen) atoms. The van der Waals surface area contributed by atoms with Gasteiger partial charge in [0.2, 0.25) is 0 Å². The number of rotatable bonds is 6. The Morgan fingerprint density at radius 3 is 2.24 bits per heavy atom. The van der Waals surface area contributed by atoms with Crippen molar-refractivity contribution < 1.29 is 0 Å². The molecule has 1 rings (SSSR count). The highest BCUT2D eigenvalue weighted by Gasteiger charge is 2.07. The normalized spacial score (nSPS) is 11.8. The van der Waals surface area contributed by atoms with Crippen molar-refractivity contribution in [3.63, 3.8) is 0 Å². The predicted molar refractivity (Wildman–Crippen MR) is 82.1 cm³/mol. The second-order valence-corrected chi connectivity index (χ2v) is 7.24. The molecule has 0 saturated heterocycles. The van der Waals surface area contributed by atoms with E-state index in [4.69, 9.17) is 0 Å². The molecule has 0 aromatic heterocycles. The summed E-state index contributed by atoms with van der Waals surface area (Å²) in [6.07, 6.45) is 2.15. The van der Waals surface area contributed by atoms with Crippen LogP contribution in [0.3, 0.4) is 0 Å². The first kappa shape index (κ1) is 14.9. The zero-order valence-corrected chi connectivity index (χ0v) is 12.9. The maximum Gasteiger partial charge on any atom is 0.0210 e. The molecule has 1 aromatic carbocycles. The Morgan fingerprint density at radius 1 is 1.06 bits per heavy atom. The summed E-state index contributed by atoms with van der Waals surface area (Å²) in [5.74, 6) is 2.42. The van der Waals surface area contributed by atoms with Gasteiger partial charge in [-0.1, -0.05) is 12.1 Å². The molecular formula is C14H23NS2. The van der Waals surface area contributed by atoms with Crippen molar-refractivity contribution in [3.8, 4) is 0 Å². The van der Waals surface area contributed by atoms with Crippen molar-refractivity contribution in [1.82, 2.24) is 5.32 Å². The first-order valence-electron chi connectivity index (χ1n) is 5.97. The topological polar surface area (TPSA) is 12.0 Å². The SMILES string of the molecule is CSCCSc1ccc(CNC(C)(C)C)cc1. The molecule has 0 bridgehead atoms. The third-order valence-corrected chi connectivity index (χ3v) is 4.19. The van der Waals surface area contributed by atoms with Crippen LogP contribution in [0.1, 0.15) is 26.3 Å². The van der Waals surface area contributed by atoms with E-state index in [2.05, 4.69) is 56.6 Å². The molecule has 1 aromatic rings. The van der Waals surface area contributed by atoms with Crippen LogP contribution < -0.4 is 5.32 Å². The van der Waals surface area contributed by atoms with E-state index in [-0.39, 0.29) is 5.54 Å². The van der Waals surface area contributed by atoms with Gasteiger partial charge in [0.05, 0.1) is 0 Å². The average molecular weight is 269 g/mol. The summed E-state index contributed by atoms with van der Waals surface area (Å²) < 4.78 is 0. The molecular weight excluding hydrogens is 246 g/mol. The quantitative estimate of drug-likeness (QED) is 0.618. The highest BCUT2D eigenvalue weighted by molar-refractivity contribution is 8.02. The summed E-state index contributed by atoms with van der Waals surface area (Å²) in [7, 11) is 0. The van der Waals surface area contributed by atoms with E-state index in [0.717, 1.165) is 6.54 Å². The maximum atomic E-state index is 3.50. The molecule has 0 spiro atoms. The number of hydrogen-bond acceptors (Lipinski definition) is 3. The summed E-state index contributed by atoms with van der Waals surface area (Å²) in [4.78, 5) is 1.37. The fraction of sp³-hybridized carbons (Fsp3) is 0.571. The van der Waals surface area contributed by atoms with Crippen LogP contribution in [0.5, 0.6) is 0 Å². The molecule has 0 aliphatic rings. The van der Waals surface area contributed by atoms with E-state index in [1.807, 2.05) is 23.5 Å². The van der Waals surface area contributed by atoms with Crippen molar-refractivity contribution in [2.24, 2.45) is 0 Å². The Labute approximate surface area is 114 Å². The molecule has 1 N–H and O–H groups in total. The number of hydrogen-bond donors (Lipinski definition) is 1. The van der Waals surface area contributed by atoms with Gasteiger partial charge in [-0.05, 0) is 44.7 Å². The fourth-order valence-corrected chi connectivity index (χ4v) is 2.88. The van der Waals surface area contributed by atoms with Gasteiger partial charge in [0.25, 0.3) is 0 Å². The van der Waals surface area contributed by atoms with Crippen molar-refractivity contribution in [2.45, 2.75) is 37.8 Å². The molecule has 0 heterocycles. The maximum absolute atomic E-state index is 3.50. The van der Waals surface area contributed by atoms with Crippen molar-refractivity contribution in [2.75, 3.05) is 17.8 Å². The summed E-state index contributed by atoms with van der Waals surface area (Å²) in [5, 5.41) is 3.50. The Hall–Kier alpha value is -0.120. The van der Waals surface area contributed by atoms with Gasteiger partial charge in [-0.25, -0.2) is 0 Å². The molecule has 96 valence electrons. The lowest BCUT2D eigenvalue weighted by Gasteiger charge is -2.20. The fourth-order valence-electron chi connectivity index (χ4n) is 1.31. The lowest BCUT2D eigenvalue weighted by molar-refractivity contribution is 0.424. The Morgan fingerprint density at radius 2 is 1.71 bits per heavy atom. The molecule has 0 fully saturated rings. The largest absolute Gasteiger partial charge is 0.308 e. The third-order valence-electron chi connectivity index (χ3n) is 2.30. The van der Waals surface area contributed by atoms with Crippen LogP contribution in [0.4, 0.5) is 0 Å². The van der Waals surface area contributed by atoms with Crippen LogP contribution in [0.15, 0.2) is 29.2 Å². The molecule has 0 unspecified atom stereocenters. The number of nitrogens with one attached hydrogen (secondary N) is 1. The smallest absolute Gasteiger partial charge is 0.0210 e. The van der Waals surface area contributed by atoms with Crippen molar-refractivity contribution in [1.29, 1.82) is 0 Å². The van der Waals surface area contributed by atoms with Crippen LogP contribution in [-0.2, 0) is 6.54 Å². The Bertz CT molecular complexity index is 314. The minimum atomic E-state index is 0.186. The minimum Gasteiger partial charge on any atom is -0.308 e. The van der Waals surface area contributed by atoms with Gasteiger partial charge in [0.15, 0.2) is 0 Å². The second kappa shape index (κ2) is 7.34. The van der Waals surface area contributed by atoms with Crippen LogP contribution in [-0.4, -0.2) is 23.3 Å². The summed E-state index contributed by atoms with van der Waals surface area (Å²) in [6, 6.07) is 8.90. The summed E-state index contributed by atoms with van der Waals surface area (Å²) in [6.45, 7) is 7.53. The van der Waals surface area contributed by atoms with Gasteiger partial charge in [-0.15, -0.1) is 11.8 Å². The minimum absolute atomic E-state index is 0.186. The molecule has 0 atom stereocenters. The van der Waals surface area contributed by atoms with Crippen LogP contribution >= 0.6 is 23.5 Å². The highest BCUT2D eigenvalue weighted by Crippen LogP contribution is 2.19. The van der Waals surface area contributed by atoms with Crippen LogP contribution in [0, 0.1) is 0 Å². The molecule has 0 aliphatic heterocycles. The van der Waals surface area contributed by atoms with Gasteiger partial charge >= 0.3 is 0 Å². The predicted octanol–water partition coefficient (Wildman–Crippen LogP) is 4.03. The van der Waals surface area contributed by atoms with Gasteiger partial charge in [0, 0.05) is 28.5 Å². The highest BCUT2D eigenvalue weighted by atomic mass is 32.2. The monoisotopic (exact) mass is 269 g/mol. The second-order valence-electron chi connectivity index (χ2n) is 5.09. The number of benzene rings is 1. The van der Waals surface area contributed by atoms with E-state index in [1.165, 1.54) is 22.0 Å². The van der Waals surface area contributed by atoms with Gasteiger partial charge < -0.3 is 5.32 Å². The third kappa shape index (κ3) is 7.02. The van der Waals surface area contributed by atoms with Gasteiger partial charge in [-0.3, -0.25) is 0 Å². The van der Waals surface area contributed by atoms with E-state index in [1.54, 1.807) is 0 Å². The summed E-state index contributed by atoms with van der Waals surface area (Å²) >= 11 is 3.84. The van der Waals surface area contributed by atoms with Gasteiger partial charge in [0.1, 0.15) is 0 Å². The standard InChI is InChI=1S/C14H23NS2/c1-14(2,3)15-11-12-5-7-13(8-6-12)17-10-9-16-4/h5-8,15H,9-11H2,1-4H3. The molecule has 0 amide bonds. The first-order valence-corrected chi connectivity index (χ1v) is 8.35. The first-order chi connectivity index (χ1) is 8.01. The molecule has 3 heteroatoms. The van der Waals surface area contributed by atoms with E-state index >= 15 is 0 Å². The van der Waals surface area contributed by atoms with Crippen LogP contribution in [0.2, 0.25) is 0 Å². The molecule has 1 nitrogen and oxygen atoms in total. The Kier molecular flexibility index (Phi) is 6.45. The van der Waals surface area contributed by atoms with Crippen molar-refractivity contribution >= 4 is 23.5 Å². The van der Waals surface area contributed by atoms with E-state index in [0.29, 0.717) is 0 Å². The summed E-state index contributed by atoms with van der Waals surface area (Å²) in [5.41, 5.74) is 1.54. The molecule has 0 saturated carbocycles. The van der Waals surface area contributed by atoms with Crippen LogP contribution in [0.25, 0.3) is 0 Å². The number of thioether (sulfide) groups is 2. The average Bonchev–Trinajstić information content (AvgIpc) is 2.27. The van der Waals surface area contributed by atoms with E-state index in [9.17, 15) is 0 Å². The van der Waals surface area contributed by atoms with Crippen molar-refractivity contribution in [3.05, 3.63) is 29.8 Å². The van der Waals surface area contributed by atoms with Gasteiger partial charge in [-0.2, -0.15) is 11.8 Å². The lowest BCUT2D eigenvalue weighted by atomic mass is 10.1. The zero-order chi connectivity index (χ0) is 12.7. The lowest BCUT2D eigenvalue weighted by Crippen LogP contribution is -2.35. The Balaban J connectivity index is 2.39. The molecule has 0 radical (unpaired) electrons. The zero-order valence-electron chi connectivity index (χ0n) is 11.2. The van der Waals surface area contributed by atoms with E-state index < -0.39 is 0 Å². The molecule has 0 aliphatic carbocycles.